The summed E-state index contributed by atoms with van der Waals surface area (Å²) >= 11 is 0. The third-order valence-electron chi connectivity index (χ3n) is 4.59. The lowest BCUT2D eigenvalue weighted by atomic mass is 10.1. The number of fused-ring (bicyclic) bond motifs is 1. The molecule has 0 radical (unpaired) electrons. The van der Waals surface area contributed by atoms with E-state index in [1.165, 1.54) is 18.2 Å². The Kier molecular flexibility index (Phi) is 5.16. The van der Waals surface area contributed by atoms with E-state index in [2.05, 4.69) is 5.32 Å². The van der Waals surface area contributed by atoms with Crippen LogP contribution in [-0.2, 0) is 16.6 Å². The van der Waals surface area contributed by atoms with Gasteiger partial charge in [0.05, 0.1) is 5.56 Å². The van der Waals surface area contributed by atoms with Gasteiger partial charge in [0.25, 0.3) is 21.8 Å². The second-order valence-corrected chi connectivity index (χ2v) is 8.94. The average molecular weight is 401 g/mol. The first-order valence-corrected chi connectivity index (χ1v) is 10.3. The first-order chi connectivity index (χ1) is 13.1. The minimum absolute atomic E-state index is 0.101. The summed E-state index contributed by atoms with van der Waals surface area (Å²) in [6.07, 6.45) is 0. The monoisotopic (exact) mass is 401 g/mol. The molecule has 0 saturated carbocycles. The average Bonchev–Trinajstić information content (AvgIpc) is 2.85. The van der Waals surface area contributed by atoms with Gasteiger partial charge in [-0.1, -0.05) is 12.1 Å². The molecule has 2 aromatic rings. The van der Waals surface area contributed by atoms with Crippen molar-refractivity contribution in [3.05, 3.63) is 59.2 Å². The second kappa shape index (κ2) is 7.27. The Morgan fingerprint density at radius 1 is 1.11 bits per heavy atom. The van der Waals surface area contributed by atoms with E-state index in [-0.39, 0.29) is 16.0 Å². The predicted molar refractivity (Wildman–Crippen MR) is 107 cm³/mol. The number of carbonyl (C=O) groups excluding carboxylic acids is 2. The van der Waals surface area contributed by atoms with Crippen LogP contribution in [0.15, 0.2) is 47.4 Å². The van der Waals surface area contributed by atoms with Crippen LogP contribution in [-0.4, -0.2) is 44.7 Å². The standard InChI is InChI=1S/C20H23N3O4S/c1-13(2)23-20(25)17-10-7-15(11-18(17)28(23,26)27)19(24)21-12-14-5-8-16(9-6-14)22(3)4/h5-11,13H,12H2,1-4H3,(H,21,24). The summed E-state index contributed by atoms with van der Waals surface area (Å²) < 4.78 is 26.1. The van der Waals surface area contributed by atoms with Crippen molar-refractivity contribution < 1.29 is 18.0 Å². The van der Waals surface area contributed by atoms with E-state index in [4.69, 9.17) is 0 Å². The number of anilines is 1. The van der Waals surface area contributed by atoms with E-state index in [1.54, 1.807) is 13.8 Å². The Hall–Kier alpha value is -2.87. The lowest BCUT2D eigenvalue weighted by molar-refractivity contribution is 0.0845. The maximum atomic E-state index is 12.6. The number of rotatable bonds is 5. The molecule has 1 aliphatic heterocycles. The molecule has 2 aromatic carbocycles. The molecule has 7 nitrogen and oxygen atoms in total. The molecule has 1 aliphatic rings. The molecular weight excluding hydrogens is 378 g/mol. The normalized spacial score (nSPS) is 14.9. The highest BCUT2D eigenvalue weighted by molar-refractivity contribution is 7.90. The zero-order valence-corrected chi connectivity index (χ0v) is 17.1. The third-order valence-corrected chi connectivity index (χ3v) is 6.58. The summed E-state index contributed by atoms with van der Waals surface area (Å²) in [7, 11) is -0.0352. The molecule has 0 atom stereocenters. The van der Waals surface area contributed by atoms with Crippen LogP contribution in [0.5, 0.6) is 0 Å². The maximum Gasteiger partial charge on any atom is 0.269 e. The molecular formula is C20H23N3O4S. The van der Waals surface area contributed by atoms with Crippen LogP contribution >= 0.6 is 0 Å². The van der Waals surface area contributed by atoms with Crippen LogP contribution in [0.2, 0.25) is 0 Å². The Morgan fingerprint density at radius 3 is 2.32 bits per heavy atom. The Morgan fingerprint density at radius 2 is 1.75 bits per heavy atom. The lowest BCUT2D eigenvalue weighted by Gasteiger charge is -2.18. The Labute approximate surface area is 165 Å². The van der Waals surface area contributed by atoms with Crippen LogP contribution < -0.4 is 10.2 Å². The number of hydrogen-bond donors (Lipinski definition) is 1. The van der Waals surface area contributed by atoms with Crippen molar-refractivity contribution in [2.45, 2.75) is 31.3 Å². The quantitative estimate of drug-likeness (QED) is 0.830. The van der Waals surface area contributed by atoms with Crippen LogP contribution in [0, 0.1) is 0 Å². The Balaban J connectivity index is 1.78. The van der Waals surface area contributed by atoms with Gasteiger partial charge in [-0.05, 0) is 49.7 Å². The first-order valence-electron chi connectivity index (χ1n) is 8.90. The molecule has 0 saturated heterocycles. The lowest BCUT2D eigenvalue weighted by Crippen LogP contribution is -2.36. The van der Waals surface area contributed by atoms with E-state index < -0.39 is 27.9 Å². The number of carbonyl (C=O) groups is 2. The van der Waals surface area contributed by atoms with Crippen molar-refractivity contribution in [1.82, 2.24) is 9.62 Å². The molecule has 0 aliphatic carbocycles. The van der Waals surface area contributed by atoms with Crippen LogP contribution in [0.4, 0.5) is 5.69 Å². The predicted octanol–water partition coefficient (Wildman–Crippen LogP) is 2.24. The number of nitrogens with one attached hydrogen (secondary N) is 1. The topological polar surface area (TPSA) is 86.8 Å². The Bertz CT molecular complexity index is 1030. The number of nitrogens with zero attached hydrogens (tertiary/aromatic N) is 2. The van der Waals surface area contributed by atoms with E-state index in [0.29, 0.717) is 6.54 Å². The van der Waals surface area contributed by atoms with Gasteiger partial charge in [0.15, 0.2) is 0 Å². The van der Waals surface area contributed by atoms with Gasteiger partial charge in [0.1, 0.15) is 4.90 Å². The molecule has 3 rings (SSSR count). The fraction of sp³-hybridized carbons (Fsp3) is 0.300. The van der Waals surface area contributed by atoms with Crippen molar-refractivity contribution in [2.75, 3.05) is 19.0 Å². The molecule has 0 fully saturated rings. The van der Waals surface area contributed by atoms with Crippen molar-refractivity contribution in [2.24, 2.45) is 0 Å². The minimum atomic E-state index is -3.93. The number of benzene rings is 2. The molecule has 0 unspecified atom stereocenters. The van der Waals surface area contributed by atoms with Crippen LogP contribution in [0.3, 0.4) is 0 Å². The zero-order valence-electron chi connectivity index (χ0n) is 16.3. The third kappa shape index (κ3) is 3.47. The van der Waals surface area contributed by atoms with Gasteiger partial charge in [-0.15, -0.1) is 0 Å². The number of hydrogen-bond acceptors (Lipinski definition) is 5. The van der Waals surface area contributed by atoms with Gasteiger partial charge in [0, 0.05) is 37.9 Å². The molecule has 1 N–H and O–H groups in total. The van der Waals surface area contributed by atoms with E-state index in [9.17, 15) is 18.0 Å². The summed E-state index contributed by atoms with van der Waals surface area (Å²) in [6.45, 7) is 3.58. The van der Waals surface area contributed by atoms with Crippen LogP contribution in [0.1, 0.15) is 40.1 Å². The van der Waals surface area contributed by atoms with Crippen LogP contribution in [0.25, 0.3) is 0 Å². The van der Waals surface area contributed by atoms with Crippen molar-refractivity contribution in [3.8, 4) is 0 Å². The van der Waals surface area contributed by atoms with Gasteiger partial charge in [-0.3, -0.25) is 9.59 Å². The summed E-state index contributed by atoms with van der Waals surface area (Å²) in [5, 5.41) is 2.78. The van der Waals surface area contributed by atoms with Crippen molar-refractivity contribution >= 4 is 27.5 Å². The summed E-state index contributed by atoms with van der Waals surface area (Å²) in [4.78, 5) is 26.7. The summed E-state index contributed by atoms with van der Waals surface area (Å²) in [5.41, 5.74) is 2.28. The molecule has 8 heteroatoms. The van der Waals surface area contributed by atoms with E-state index >= 15 is 0 Å². The summed E-state index contributed by atoms with van der Waals surface area (Å²) in [5.74, 6) is -0.955. The summed E-state index contributed by atoms with van der Waals surface area (Å²) in [6, 6.07) is 11.4. The molecule has 0 bridgehead atoms. The van der Waals surface area contributed by atoms with Gasteiger partial charge in [0.2, 0.25) is 0 Å². The molecule has 2 amide bonds. The molecule has 28 heavy (non-hydrogen) atoms. The van der Waals surface area contributed by atoms with E-state index in [0.717, 1.165) is 15.6 Å². The molecule has 0 aromatic heterocycles. The maximum absolute atomic E-state index is 12.6. The fourth-order valence-electron chi connectivity index (χ4n) is 3.10. The molecule has 1 heterocycles. The first kappa shape index (κ1) is 19.9. The minimum Gasteiger partial charge on any atom is -0.378 e. The van der Waals surface area contributed by atoms with Crippen molar-refractivity contribution in [3.63, 3.8) is 0 Å². The molecule has 0 spiro atoms. The highest BCUT2D eigenvalue weighted by Crippen LogP contribution is 2.32. The fourth-order valence-corrected chi connectivity index (χ4v) is 4.89. The van der Waals surface area contributed by atoms with Gasteiger partial charge in [-0.25, -0.2) is 12.7 Å². The van der Waals surface area contributed by atoms with Gasteiger partial charge >= 0.3 is 0 Å². The number of amides is 2. The highest BCUT2D eigenvalue weighted by Gasteiger charge is 2.42. The van der Waals surface area contributed by atoms with E-state index in [1.807, 2.05) is 43.3 Å². The smallest absolute Gasteiger partial charge is 0.269 e. The van der Waals surface area contributed by atoms with Gasteiger partial charge < -0.3 is 10.2 Å². The van der Waals surface area contributed by atoms with Gasteiger partial charge in [-0.2, -0.15) is 0 Å². The van der Waals surface area contributed by atoms with Crippen molar-refractivity contribution in [1.29, 1.82) is 0 Å². The largest absolute Gasteiger partial charge is 0.378 e. The number of sulfonamides is 1. The second-order valence-electron chi connectivity index (χ2n) is 7.15. The zero-order chi connectivity index (χ0) is 20.6. The SMILES string of the molecule is CC(C)N1C(=O)c2ccc(C(=O)NCc3ccc(N(C)C)cc3)cc2S1(=O)=O. The highest BCUT2D eigenvalue weighted by atomic mass is 32.2. The molecule has 148 valence electrons.